The molecule has 1 fully saturated rings. The Kier molecular flexibility index (Phi) is 4.62. The average molecular weight is 369 g/mol. The second-order valence-corrected chi connectivity index (χ2v) is 7.97. The zero-order chi connectivity index (χ0) is 17.3. The predicted octanol–water partition coefficient (Wildman–Crippen LogP) is 1.24. The van der Waals surface area contributed by atoms with Crippen LogP contribution in [0, 0.1) is 0 Å². The smallest absolute Gasteiger partial charge is 0.257 e. The number of carbonyl (C=O) groups excluding carboxylic acids is 1. The molecule has 128 valence electrons. The van der Waals surface area contributed by atoms with Gasteiger partial charge < -0.3 is 4.90 Å². The minimum Gasteiger partial charge on any atom is -0.336 e. The Hall–Kier alpha value is -1.90. The number of hydrogen-bond donors (Lipinski definition) is 0. The monoisotopic (exact) mass is 368 g/mol. The van der Waals surface area contributed by atoms with Crippen LogP contribution in [0.4, 0.5) is 0 Å². The highest BCUT2D eigenvalue weighted by molar-refractivity contribution is 7.88. The molecule has 3 rings (SSSR count). The van der Waals surface area contributed by atoms with Crippen LogP contribution in [0.1, 0.15) is 10.4 Å². The number of rotatable bonds is 3. The zero-order valence-corrected chi connectivity index (χ0v) is 14.7. The fourth-order valence-corrected chi connectivity index (χ4v) is 3.66. The fraction of sp³-hybridized carbons (Fsp3) is 0.333. The van der Waals surface area contributed by atoms with Gasteiger partial charge in [-0.3, -0.25) is 4.79 Å². The number of benzene rings is 1. The Balaban J connectivity index is 1.72. The summed E-state index contributed by atoms with van der Waals surface area (Å²) in [5.41, 5.74) is 1.14. The van der Waals surface area contributed by atoms with E-state index in [1.54, 1.807) is 21.8 Å². The summed E-state index contributed by atoms with van der Waals surface area (Å²) in [5, 5.41) is 4.74. The van der Waals surface area contributed by atoms with Crippen molar-refractivity contribution in [2.75, 3.05) is 32.4 Å². The van der Waals surface area contributed by atoms with Crippen LogP contribution in [0.25, 0.3) is 5.69 Å². The standard InChI is InChI=1S/C15H17ClN4O3S/c1-24(22,23)19-8-6-18(7-9-19)15(21)12-10-17-20(11-12)14-5-3-2-4-13(14)16/h2-5,10-11H,6-9H2,1H3. The van der Waals surface area contributed by atoms with E-state index < -0.39 is 10.0 Å². The van der Waals surface area contributed by atoms with Gasteiger partial charge in [0.25, 0.3) is 5.91 Å². The quantitative estimate of drug-likeness (QED) is 0.817. The molecule has 1 aromatic heterocycles. The van der Waals surface area contributed by atoms with Crippen molar-refractivity contribution in [3.8, 4) is 5.69 Å². The molecule has 0 aliphatic carbocycles. The van der Waals surface area contributed by atoms with Gasteiger partial charge in [-0.05, 0) is 12.1 Å². The molecule has 1 amide bonds. The molecule has 7 nitrogen and oxygen atoms in total. The SMILES string of the molecule is CS(=O)(=O)N1CCN(C(=O)c2cnn(-c3ccccc3Cl)c2)CC1. The lowest BCUT2D eigenvalue weighted by molar-refractivity contribution is 0.0698. The maximum Gasteiger partial charge on any atom is 0.257 e. The lowest BCUT2D eigenvalue weighted by Gasteiger charge is -2.33. The van der Waals surface area contributed by atoms with Crippen LogP contribution in [0.5, 0.6) is 0 Å². The van der Waals surface area contributed by atoms with E-state index in [0.29, 0.717) is 42.5 Å². The fourth-order valence-electron chi connectivity index (χ4n) is 2.61. The van der Waals surface area contributed by atoms with Crippen molar-refractivity contribution in [2.45, 2.75) is 0 Å². The van der Waals surface area contributed by atoms with Gasteiger partial charge in [-0.25, -0.2) is 13.1 Å². The van der Waals surface area contributed by atoms with Crippen molar-refractivity contribution < 1.29 is 13.2 Å². The van der Waals surface area contributed by atoms with Crippen LogP contribution in [0.2, 0.25) is 5.02 Å². The first-order valence-corrected chi connectivity index (χ1v) is 9.63. The minimum absolute atomic E-state index is 0.165. The van der Waals surface area contributed by atoms with Crippen molar-refractivity contribution >= 4 is 27.5 Å². The molecule has 0 unspecified atom stereocenters. The van der Waals surface area contributed by atoms with Crippen molar-refractivity contribution in [3.05, 3.63) is 47.2 Å². The molecule has 2 aromatic rings. The first kappa shape index (κ1) is 16.9. The highest BCUT2D eigenvalue weighted by atomic mass is 35.5. The van der Waals surface area contributed by atoms with E-state index in [1.807, 2.05) is 18.2 Å². The maximum atomic E-state index is 12.6. The first-order valence-electron chi connectivity index (χ1n) is 7.40. The van der Waals surface area contributed by atoms with Gasteiger partial charge in [0.15, 0.2) is 0 Å². The van der Waals surface area contributed by atoms with Gasteiger partial charge in [-0.15, -0.1) is 0 Å². The average Bonchev–Trinajstić information content (AvgIpc) is 3.03. The van der Waals surface area contributed by atoms with Crippen LogP contribution in [0.15, 0.2) is 36.7 Å². The molecular weight excluding hydrogens is 352 g/mol. The van der Waals surface area contributed by atoms with Crippen molar-refractivity contribution in [1.82, 2.24) is 19.0 Å². The van der Waals surface area contributed by atoms with Gasteiger partial charge in [-0.2, -0.15) is 9.40 Å². The van der Waals surface area contributed by atoms with E-state index in [2.05, 4.69) is 5.10 Å². The Bertz CT molecular complexity index is 857. The second-order valence-electron chi connectivity index (χ2n) is 5.58. The van der Waals surface area contributed by atoms with Crippen LogP contribution in [0.3, 0.4) is 0 Å². The first-order chi connectivity index (χ1) is 11.4. The number of para-hydroxylation sites is 1. The number of nitrogens with zero attached hydrogens (tertiary/aromatic N) is 4. The summed E-state index contributed by atoms with van der Waals surface area (Å²) >= 11 is 6.14. The summed E-state index contributed by atoms with van der Waals surface area (Å²) in [4.78, 5) is 14.2. The molecular formula is C15H17ClN4O3S. The Morgan fingerprint density at radius 1 is 1.17 bits per heavy atom. The molecule has 0 saturated carbocycles. The summed E-state index contributed by atoms with van der Waals surface area (Å²) < 4.78 is 26.0. The van der Waals surface area contributed by atoms with Crippen LogP contribution >= 0.6 is 11.6 Å². The number of hydrogen-bond acceptors (Lipinski definition) is 4. The molecule has 0 N–H and O–H groups in total. The van der Waals surface area contributed by atoms with Gasteiger partial charge in [0.05, 0.1) is 28.7 Å². The molecule has 1 aliphatic rings. The van der Waals surface area contributed by atoms with Gasteiger partial charge >= 0.3 is 0 Å². The molecule has 0 bridgehead atoms. The van der Waals surface area contributed by atoms with E-state index >= 15 is 0 Å². The summed E-state index contributed by atoms with van der Waals surface area (Å²) in [6, 6.07) is 7.23. The summed E-state index contributed by atoms with van der Waals surface area (Å²) in [6.07, 6.45) is 4.30. The number of sulfonamides is 1. The van der Waals surface area contributed by atoms with Crippen molar-refractivity contribution in [1.29, 1.82) is 0 Å². The van der Waals surface area contributed by atoms with Gasteiger partial charge in [0.2, 0.25) is 10.0 Å². The van der Waals surface area contributed by atoms with E-state index in [4.69, 9.17) is 11.6 Å². The summed E-state index contributed by atoms with van der Waals surface area (Å²) in [5.74, 6) is -0.165. The number of carbonyl (C=O) groups is 1. The third-order valence-corrected chi connectivity index (χ3v) is 5.55. The molecule has 2 heterocycles. The molecule has 24 heavy (non-hydrogen) atoms. The van der Waals surface area contributed by atoms with Gasteiger partial charge in [0, 0.05) is 32.4 Å². The normalized spacial score (nSPS) is 16.3. The molecule has 1 saturated heterocycles. The molecule has 0 spiro atoms. The Morgan fingerprint density at radius 3 is 2.46 bits per heavy atom. The van der Waals surface area contributed by atoms with E-state index in [1.165, 1.54) is 16.8 Å². The summed E-state index contributed by atoms with van der Waals surface area (Å²) in [6.45, 7) is 1.35. The highest BCUT2D eigenvalue weighted by Crippen LogP contribution is 2.20. The van der Waals surface area contributed by atoms with E-state index in [-0.39, 0.29) is 5.91 Å². The maximum absolute atomic E-state index is 12.6. The van der Waals surface area contributed by atoms with Crippen LogP contribution in [-0.4, -0.2) is 65.7 Å². The minimum atomic E-state index is -3.21. The van der Waals surface area contributed by atoms with Crippen molar-refractivity contribution in [3.63, 3.8) is 0 Å². The highest BCUT2D eigenvalue weighted by Gasteiger charge is 2.27. The van der Waals surface area contributed by atoms with Crippen molar-refractivity contribution in [2.24, 2.45) is 0 Å². The largest absolute Gasteiger partial charge is 0.336 e. The van der Waals surface area contributed by atoms with Crippen LogP contribution in [-0.2, 0) is 10.0 Å². The predicted molar refractivity (Wildman–Crippen MR) is 90.9 cm³/mol. The molecule has 9 heteroatoms. The molecule has 1 aliphatic heterocycles. The molecule has 0 radical (unpaired) electrons. The van der Waals surface area contributed by atoms with E-state index in [0.717, 1.165) is 0 Å². The number of piperazine rings is 1. The summed E-state index contributed by atoms with van der Waals surface area (Å²) in [7, 11) is -3.21. The zero-order valence-electron chi connectivity index (χ0n) is 13.1. The van der Waals surface area contributed by atoms with Gasteiger partial charge in [0.1, 0.15) is 0 Å². The molecule has 0 atom stereocenters. The number of aromatic nitrogens is 2. The third-order valence-electron chi connectivity index (χ3n) is 3.92. The third kappa shape index (κ3) is 3.45. The molecule has 1 aromatic carbocycles. The topological polar surface area (TPSA) is 75.5 Å². The van der Waals surface area contributed by atoms with Crippen LogP contribution < -0.4 is 0 Å². The van der Waals surface area contributed by atoms with Gasteiger partial charge in [-0.1, -0.05) is 23.7 Å². The number of halogens is 1. The lowest BCUT2D eigenvalue weighted by atomic mass is 10.2. The second kappa shape index (κ2) is 6.54. The Morgan fingerprint density at radius 2 is 1.83 bits per heavy atom. The Labute approximate surface area is 145 Å². The lowest BCUT2D eigenvalue weighted by Crippen LogP contribution is -2.50. The number of amides is 1. The van der Waals surface area contributed by atoms with E-state index in [9.17, 15) is 13.2 Å².